The number of carbonyl (C=O) groups excluding carboxylic acids is 1. The van der Waals surface area contributed by atoms with Crippen molar-refractivity contribution >= 4 is 5.97 Å². The fourth-order valence-electron chi connectivity index (χ4n) is 5.55. The Balaban J connectivity index is 1.28. The number of aliphatic hydroxyl groups excluding tert-OH is 1. The summed E-state index contributed by atoms with van der Waals surface area (Å²) in [6.45, 7) is 1.80. The molecule has 7 heteroatoms. The number of ether oxygens (including phenoxy) is 1. The third-order valence-electron chi connectivity index (χ3n) is 7.43. The van der Waals surface area contributed by atoms with Gasteiger partial charge in [-0.05, 0) is 42.9 Å². The summed E-state index contributed by atoms with van der Waals surface area (Å²) in [5.41, 5.74) is 2.34. The fourth-order valence-corrected chi connectivity index (χ4v) is 5.55. The Kier molecular flexibility index (Phi) is 7.54. The van der Waals surface area contributed by atoms with Gasteiger partial charge in [-0.15, -0.1) is 5.10 Å². The lowest BCUT2D eigenvalue weighted by molar-refractivity contribution is -0.0154. The smallest absolute Gasteiger partial charge is 0.338 e. The zero-order valence-corrected chi connectivity index (χ0v) is 20.1. The van der Waals surface area contributed by atoms with Gasteiger partial charge in [0.1, 0.15) is 12.3 Å². The number of aromatic nitrogens is 3. The summed E-state index contributed by atoms with van der Waals surface area (Å²) >= 11 is 0. The second-order valence-electron chi connectivity index (χ2n) is 9.89. The standard InChI is InChI=1S/C28H34N4O3/c33-27-16-25(22-12-6-2-7-13-22)31(17-21-10-4-1-5-11-21)19-26(27)32-18-24(29-30-32)20-35-28(34)23-14-8-3-9-15-23/h2-3,6-9,12-15,18,21,25-27,33H,1,4-5,10-11,16-17,19-20H2/t25-,26-,27+/m1/s1. The predicted octanol–water partition coefficient (Wildman–Crippen LogP) is 4.56. The molecule has 1 aliphatic heterocycles. The summed E-state index contributed by atoms with van der Waals surface area (Å²) in [4.78, 5) is 14.8. The van der Waals surface area contributed by atoms with Crippen molar-refractivity contribution in [3.63, 3.8) is 0 Å². The Bertz CT molecular complexity index is 1080. The second kappa shape index (κ2) is 11.1. The van der Waals surface area contributed by atoms with Gasteiger partial charge in [0.05, 0.1) is 23.9 Å². The first-order valence-corrected chi connectivity index (χ1v) is 12.8. The Morgan fingerprint density at radius 1 is 1.00 bits per heavy atom. The van der Waals surface area contributed by atoms with Crippen LogP contribution in [0, 0.1) is 5.92 Å². The minimum Gasteiger partial charge on any atom is -0.455 e. The lowest BCUT2D eigenvalue weighted by Gasteiger charge is -2.44. The van der Waals surface area contributed by atoms with Crippen LogP contribution in [0.15, 0.2) is 66.9 Å². The van der Waals surface area contributed by atoms with E-state index in [4.69, 9.17) is 4.74 Å². The van der Waals surface area contributed by atoms with E-state index in [2.05, 4.69) is 39.5 Å². The highest BCUT2D eigenvalue weighted by atomic mass is 16.5. The van der Waals surface area contributed by atoms with Crippen LogP contribution in [0.2, 0.25) is 0 Å². The van der Waals surface area contributed by atoms with E-state index in [1.54, 1.807) is 35.1 Å². The van der Waals surface area contributed by atoms with Gasteiger partial charge in [-0.25, -0.2) is 9.48 Å². The second-order valence-corrected chi connectivity index (χ2v) is 9.89. The van der Waals surface area contributed by atoms with E-state index in [-0.39, 0.29) is 24.7 Å². The van der Waals surface area contributed by atoms with Crippen molar-refractivity contribution in [1.29, 1.82) is 0 Å². The normalized spacial score (nSPS) is 23.7. The third-order valence-corrected chi connectivity index (χ3v) is 7.43. The van der Waals surface area contributed by atoms with Gasteiger partial charge in [0.15, 0.2) is 0 Å². The summed E-state index contributed by atoms with van der Waals surface area (Å²) < 4.78 is 7.17. The van der Waals surface area contributed by atoms with Gasteiger partial charge < -0.3 is 9.84 Å². The van der Waals surface area contributed by atoms with E-state index < -0.39 is 6.10 Å². The SMILES string of the molecule is O=C(OCc1cn([C@@H]2CN(CC3CCCCC3)[C@@H](c3ccccc3)C[C@@H]2O)nn1)c1ccccc1. The fraction of sp³-hybridized carbons (Fsp3) is 0.464. The topological polar surface area (TPSA) is 80.5 Å². The summed E-state index contributed by atoms with van der Waals surface area (Å²) in [5.74, 6) is 0.316. The van der Waals surface area contributed by atoms with Gasteiger partial charge >= 0.3 is 5.97 Å². The molecule has 35 heavy (non-hydrogen) atoms. The highest BCUT2D eigenvalue weighted by molar-refractivity contribution is 5.89. The lowest BCUT2D eigenvalue weighted by Crippen LogP contribution is -2.47. The van der Waals surface area contributed by atoms with Gasteiger partial charge in [-0.3, -0.25) is 4.90 Å². The molecular formula is C28H34N4O3. The van der Waals surface area contributed by atoms with Crippen molar-refractivity contribution in [3.8, 4) is 0 Å². The summed E-state index contributed by atoms with van der Waals surface area (Å²) in [7, 11) is 0. The number of hydrogen-bond donors (Lipinski definition) is 1. The molecule has 3 atom stereocenters. The predicted molar refractivity (Wildman–Crippen MR) is 133 cm³/mol. The van der Waals surface area contributed by atoms with E-state index in [1.165, 1.54) is 37.7 Å². The summed E-state index contributed by atoms with van der Waals surface area (Å²) in [6.07, 6.45) is 8.45. The zero-order chi connectivity index (χ0) is 24.0. The molecule has 1 saturated heterocycles. The average molecular weight is 475 g/mol. The molecular weight excluding hydrogens is 440 g/mol. The van der Waals surface area contributed by atoms with Crippen molar-refractivity contribution in [1.82, 2.24) is 19.9 Å². The molecule has 0 radical (unpaired) electrons. The zero-order valence-electron chi connectivity index (χ0n) is 20.1. The van der Waals surface area contributed by atoms with E-state index in [0.717, 1.165) is 6.54 Å². The Morgan fingerprint density at radius 3 is 2.46 bits per heavy atom. The summed E-state index contributed by atoms with van der Waals surface area (Å²) in [6, 6.07) is 19.4. The maximum atomic E-state index is 12.3. The molecule has 0 bridgehead atoms. The number of rotatable bonds is 7. The number of aliphatic hydroxyl groups is 1. The van der Waals surface area contributed by atoms with Crippen molar-refractivity contribution in [2.75, 3.05) is 13.1 Å². The van der Waals surface area contributed by atoms with E-state index in [1.807, 2.05) is 12.1 Å². The number of benzene rings is 2. The van der Waals surface area contributed by atoms with Gasteiger partial charge in [-0.2, -0.15) is 0 Å². The number of hydrogen-bond acceptors (Lipinski definition) is 6. The molecule has 0 amide bonds. The average Bonchev–Trinajstić information content (AvgIpc) is 3.38. The maximum Gasteiger partial charge on any atom is 0.338 e. The largest absolute Gasteiger partial charge is 0.455 e. The lowest BCUT2D eigenvalue weighted by atomic mass is 9.85. The van der Waals surface area contributed by atoms with Gasteiger partial charge in [0.25, 0.3) is 0 Å². The Labute approximate surface area is 206 Å². The first-order valence-electron chi connectivity index (χ1n) is 12.8. The molecule has 0 spiro atoms. The molecule has 2 aromatic carbocycles. The third kappa shape index (κ3) is 5.80. The van der Waals surface area contributed by atoms with Crippen LogP contribution in [0.3, 0.4) is 0 Å². The molecule has 1 aromatic heterocycles. The first kappa shape index (κ1) is 23.7. The van der Waals surface area contributed by atoms with Gasteiger partial charge in [0.2, 0.25) is 0 Å². The minimum atomic E-state index is -0.538. The monoisotopic (exact) mass is 474 g/mol. The summed E-state index contributed by atoms with van der Waals surface area (Å²) in [5, 5.41) is 19.7. The minimum absolute atomic E-state index is 0.0506. The molecule has 1 N–H and O–H groups in total. The number of esters is 1. The van der Waals surface area contributed by atoms with Crippen LogP contribution >= 0.6 is 0 Å². The van der Waals surface area contributed by atoms with E-state index in [0.29, 0.717) is 30.1 Å². The van der Waals surface area contributed by atoms with E-state index >= 15 is 0 Å². The molecule has 1 saturated carbocycles. The molecule has 1 aliphatic carbocycles. The molecule has 3 aromatic rings. The maximum absolute atomic E-state index is 12.3. The molecule has 184 valence electrons. The highest BCUT2D eigenvalue weighted by Crippen LogP contribution is 2.37. The van der Waals surface area contributed by atoms with Crippen molar-refractivity contribution < 1.29 is 14.6 Å². The Hall–Kier alpha value is -3.03. The molecule has 2 aliphatic rings. The van der Waals surface area contributed by atoms with Crippen molar-refractivity contribution in [3.05, 3.63) is 83.7 Å². The van der Waals surface area contributed by atoms with Crippen LogP contribution in [0.4, 0.5) is 0 Å². The van der Waals surface area contributed by atoms with Crippen LogP contribution < -0.4 is 0 Å². The molecule has 2 heterocycles. The van der Waals surface area contributed by atoms with Crippen molar-refractivity contribution in [2.24, 2.45) is 5.92 Å². The van der Waals surface area contributed by atoms with Crippen LogP contribution in [-0.4, -0.2) is 50.2 Å². The van der Waals surface area contributed by atoms with Crippen LogP contribution in [-0.2, 0) is 11.3 Å². The molecule has 2 fully saturated rings. The van der Waals surface area contributed by atoms with Crippen LogP contribution in [0.1, 0.15) is 72.2 Å². The quantitative estimate of drug-likeness (QED) is 0.506. The molecule has 7 nitrogen and oxygen atoms in total. The Morgan fingerprint density at radius 2 is 1.71 bits per heavy atom. The molecule has 5 rings (SSSR count). The van der Waals surface area contributed by atoms with E-state index in [9.17, 15) is 9.90 Å². The van der Waals surface area contributed by atoms with Gasteiger partial charge in [-0.1, -0.05) is 73.0 Å². The number of nitrogens with zero attached hydrogens (tertiary/aromatic N) is 4. The van der Waals surface area contributed by atoms with Crippen molar-refractivity contribution in [2.45, 2.75) is 63.3 Å². The highest BCUT2D eigenvalue weighted by Gasteiger charge is 2.38. The first-order chi connectivity index (χ1) is 17.2. The number of piperidine rings is 1. The van der Waals surface area contributed by atoms with Gasteiger partial charge in [0, 0.05) is 19.1 Å². The molecule has 0 unspecified atom stereocenters. The number of carbonyl (C=O) groups is 1. The number of likely N-dealkylation sites (tertiary alicyclic amines) is 1. The van der Waals surface area contributed by atoms with Crippen LogP contribution in [0.25, 0.3) is 0 Å². The van der Waals surface area contributed by atoms with Crippen LogP contribution in [0.5, 0.6) is 0 Å².